The van der Waals surface area contributed by atoms with E-state index in [2.05, 4.69) is 16.9 Å². The normalized spacial score (nSPS) is 22.4. The second-order valence-corrected chi connectivity index (χ2v) is 7.65. The van der Waals surface area contributed by atoms with Crippen molar-refractivity contribution in [3.63, 3.8) is 0 Å². The van der Waals surface area contributed by atoms with Gasteiger partial charge in [-0.05, 0) is 36.8 Å². The van der Waals surface area contributed by atoms with Gasteiger partial charge in [0.05, 0.1) is 23.7 Å². The average molecular weight is 371 g/mol. The number of fused-ring (bicyclic) bond motifs is 1. The van der Waals surface area contributed by atoms with Gasteiger partial charge in [0.15, 0.2) is 5.76 Å². The fraction of sp³-hybridized carbons (Fsp3) is 0.368. The van der Waals surface area contributed by atoms with Gasteiger partial charge in [-0.15, -0.1) is 0 Å². The zero-order valence-corrected chi connectivity index (χ0v) is 15.6. The number of amides is 2. The maximum Gasteiger partial charge on any atom is 0.294 e. The summed E-state index contributed by atoms with van der Waals surface area (Å²) in [4.78, 5) is 28.7. The topological polar surface area (TPSA) is 65.8 Å². The first-order valence-corrected chi connectivity index (χ1v) is 9.68. The third-order valence-corrected chi connectivity index (χ3v) is 5.88. The number of carbonyl (C=O) groups excluding carboxylic acids is 2. The summed E-state index contributed by atoms with van der Waals surface area (Å²) in [6, 6.07) is 9.37. The minimum Gasteiger partial charge on any atom is -0.459 e. The molecule has 1 fully saturated rings. The summed E-state index contributed by atoms with van der Waals surface area (Å²) in [7, 11) is 0. The number of nitrogens with zero attached hydrogens (tertiary/aromatic N) is 2. The lowest BCUT2D eigenvalue weighted by Gasteiger charge is -2.40. The van der Waals surface area contributed by atoms with Gasteiger partial charge >= 0.3 is 0 Å². The summed E-state index contributed by atoms with van der Waals surface area (Å²) in [6.45, 7) is 4.86. The molecule has 4 rings (SSSR count). The second-order valence-electron chi connectivity index (χ2n) is 6.74. The number of furan rings is 1. The van der Waals surface area contributed by atoms with Gasteiger partial charge in [0.1, 0.15) is 0 Å². The molecule has 136 valence electrons. The molecule has 3 heterocycles. The van der Waals surface area contributed by atoms with Crippen LogP contribution in [-0.4, -0.2) is 36.7 Å². The largest absolute Gasteiger partial charge is 0.459 e. The second kappa shape index (κ2) is 6.81. The summed E-state index contributed by atoms with van der Waals surface area (Å²) < 4.78 is 8.62. The van der Waals surface area contributed by atoms with E-state index in [4.69, 9.17) is 4.42 Å². The number of hydrogen-bond acceptors (Lipinski definition) is 5. The van der Waals surface area contributed by atoms with Crippen molar-refractivity contribution in [3.05, 3.63) is 47.9 Å². The molecular weight excluding hydrogens is 350 g/mol. The van der Waals surface area contributed by atoms with Gasteiger partial charge in [-0.1, -0.05) is 18.0 Å². The standard InChI is InChI=1S/C19H21N3O3S/c1-12-10-21(19(24)18-4-3-7-25-18)17-8-14(15-9-20-26-11-15)5-6-16(17)22(12)13(2)23/h3-8,12,15,20H,9-11H2,1-2H3/t12-,15?/m0/s1. The lowest BCUT2D eigenvalue weighted by Crippen LogP contribution is -2.51. The van der Waals surface area contributed by atoms with Gasteiger partial charge in [0.25, 0.3) is 5.91 Å². The number of nitrogens with one attached hydrogen (secondary N) is 1. The Bertz CT molecular complexity index is 831. The van der Waals surface area contributed by atoms with Crippen molar-refractivity contribution in [2.45, 2.75) is 25.8 Å². The molecule has 2 atom stereocenters. The highest BCUT2D eigenvalue weighted by molar-refractivity contribution is 7.97. The van der Waals surface area contributed by atoms with E-state index in [1.54, 1.807) is 40.8 Å². The van der Waals surface area contributed by atoms with E-state index in [-0.39, 0.29) is 17.9 Å². The Balaban J connectivity index is 1.79. The van der Waals surface area contributed by atoms with Crippen molar-refractivity contribution in [1.82, 2.24) is 4.72 Å². The molecule has 2 amide bonds. The Labute approximate surface area is 156 Å². The van der Waals surface area contributed by atoms with Crippen LogP contribution in [0.15, 0.2) is 41.0 Å². The fourth-order valence-electron chi connectivity index (χ4n) is 3.69. The van der Waals surface area contributed by atoms with Gasteiger partial charge in [-0.2, -0.15) is 0 Å². The van der Waals surface area contributed by atoms with Crippen molar-refractivity contribution in [1.29, 1.82) is 0 Å². The van der Waals surface area contributed by atoms with Crippen molar-refractivity contribution < 1.29 is 14.0 Å². The Morgan fingerprint density at radius 2 is 2.12 bits per heavy atom. The maximum atomic E-state index is 13.0. The number of benzene rings is 1. The van der Waals surface area contributed by atoms with Gasteiger partial charge in [-0.3, -0.25) is 14.3 Å². The van der Waals surface area contributed by atoms with Gasteiger partial charge in [-0.25, -0.2) is 0 Å². The van der Waals surface area contributed by atoms with Crippen molar-refractivity contribution in [3.8, 4) is 0 Å². The highest BCUT2D eigenvalue weighted by Gasteiger charge is 2.35. The van der Waals surface area contributed by atoms with Crippen molar-refractivity contribution in [2.75, 3.05) is 28.6 Å². The van der Waals surface area contributed by atoms with E-state index >= 15 is 0 Å². The number of rotatable bonds is 2. The molecule has 1 saturated heterocycles. The molecule has 0 radical (unpaired) electrons. The minimum absolute atomic E-state index is 0.0188. The zero-order valence-electron chi connectivity index (χ0n) is 14.8. The highest BCUT2D eigenvalue weighted by atomic mass is 32.2. The van der Waals surface area contributed by atoms with E-state index < -0.39 is 0 Å². The van der Waals surface area contributed by atoms with Crippen LogP contribution in [0.5, 0.6) is 0 Å². The molecule has 2 aliphatic heterocycles. The lowest BCUT2D eigenvalue weighted by atomic mass is 9.97. The van der Waals surface area contributed by atoms with Crippen LogP contribution in [0.3, 0.4) is 0 Å². The number of anilines is 2. The van der Waals surface area contributed by atoms with Crippen molar-refractivity contribution in [2.24, 2.45) is 0 Å². The third kappa shape index (κ3) is 2.91. The quantitative estimate of drug-likeness (QED) is 0.822. The molecule has 0 aliphatic carbocycles. The molecule has 0 spiro atoms. The molecular formula is C19H21N3O3S. The molecule has 1 N–H and O–H groups in total. The Kier molecular flexibility index (Phi) is 4.50. The molecule has 2 aromatic rings. The monoisotopic (exact) mass is 371 g/mol. The van der Waals surface area contributed by atoms with Crippen LogP contribution >= 0.6 is 11.9 Å². The molecule has 1 aromatic carbocycles. The molecule has 26 heavy (non-hydrogen) atoms. The Morgan fingerprint density at radius 1 is 1.27 bits per heavy atom. The van der Waals surface area contributed by atoms with Gasteiger partial charge < -0.3 is 14.2 Å². The van der Waals surface area contributed by atoms with Crippen LogP contribution in [0.2, 0.25) is 0 Å². The molecule has 0 saturated carbocycles. The molecule has 0 bridgehead atoms. The summed E-state index contributed by atoms with van der Waals surface area (Å²) in [6.07, 6.45) is 1.50. The third-order valence-electron chi connectivity index (χ3n) is 4.94. The van der Waals surface area contributed by atoms with Gasteiger partial charge in [0, 0.05) is 31.7 Å². The molecule has 1 unspecified atom stereocenters. The number of carbonyl (C=O) groups is 2. The molecule has 6 nitrogen and oxygen atoms in total. The first-order valence-electron chi connectivity index (χ1n) is 8.70. The van der Waals surface area contributed by atoms with E-state index in [0.717, 1.165) is 23.7 Å². The van der Waals surface area contributed by atoms with E-state index in [0.29, 0.717) is 18.2 Å². The van der Waals surface area contributed by atoms with Gasteiger partial charge in [0.2, 0.25) is 5.91 Å². The molecule has 1 aromatic heterocycles. The Morgan fingerprint density at radius 3 is 2.77 bits per heavy atom. The number of hydrogen-bond donors (Lipinski definition) is 1. The fourth-order valence-corrected chi connectivity index (χ4v) is 4.64. The molecule has 7 heteroatoms. The first kappa shape index (κ1) is 17.2. The highest BCUT2D eigenvalue weighted by Crippen LogP contribution is 2.39. The minimum atomic E-state index is -0.178. The van der Waals surface area contributed by atoms with Crippen LogP contribution in [0.1, 0.15) is 35.9 Å². The summed E-state index contributed by atoms with van der Waals surface area (Å²) in [5.74, 6) is 1.51. The van der Waals surface area contributed by atoms with Crippen LogP contribution in [0, 0.1) is 0 Å². The summed E-state index contributed by atoms with van der Waals surface area (Å²) >= 11 is 1.72. The van der Waals surface area contributed by atoms with E-state index in [9.17, 15) is 9.59 Å². The van der Waals surface area contributed by atoms with E-state index in [1.165, 1.54) is 11.8 Å². The van der Waals surface area contributed by atoms with Crippen LogP contribution in [-0.2, 0) is 4.79 Å². The van der Waals surface area contributed by atoms with Crippen molar-refractivity contribution >= 4 is 35.1 Å². The van der Waals surface area contributed by atoms with Crippen LogP contribution in [0.25, 0.3) is 0 Å². The summed E-state index contributed by atoms with van der Waals surface area (Å²) in [5.41, 5.74) is 2.73. The SMILES string of the molecule is CC(=O)N1c2ccc(C3CNSC3)cc2N(C(=O)c2ccco2)C[C@@H]1C. The zero-order chi connectivity index (χ0) is 18.3. The predicted octanol–water partition coefficient (Wildman–Crippen LogP) is 3.02. The lowest BCUT2D eigenvalue weighted by molar-refractivity contribution is -0.117. The Hall–Kier alpha value is -2.25. The average Bonchev–Trinajstić information content (AvgIpc) is 3.33. The summed E-state index contributed by atoms with van der Waals surface area (Å²) in [5, 5.41) is 0. The first-order chi connectivity index (χ1) is 12.6. The van der Waals surface area contributed by atoms with Crippen LogP contribution < -0.4 is 14.5 Å². The maximum absolute atomic E-state index is 13.0. The smallest absolute Gasteiger partial charge is 0.294 e. The predicted molar refractivity (Wildman–Crippen MR) is 103 cm³/mol. The van der Waals surface area contributed by atoms with Crippen LogP contribution in [0.4, 0.5) is 11.4 Å². The molecule has 2 aliphatic rings. The van der Waals surface area contributed by atoms with E-state index in [1.807, 2.05) is 13.0 Å².